The number of hydrogen-bond donors (Lipinski definition) is 0. The molecule has 6 nitrogen and oxygen atoms in total. The van der Waals surface area contributed by atoms with Crippen LogP contribution in [0, 0.1) is 0 Å². The van der Waals surface area contributed by atoms with Crippen LogP contribution < -0.4 is 0 Å². The lowest BCUT2D eigenvalue weighted by atomic mass is 10.1. The van der Waals surface area contributed by atoms with Crippen LogP contribution in [0.4, 0.5) is 0 Å². The normalized spacial score (nSPS) is 45.4. The maximum Gasteiger partial charge on any atom is 0.228 e. The van der Waals surface area contributed by atoms with Gasteiger partial charge in [0.2, 0.25) is 5.90 Å². The summed E-state index contributed by atoms with van der Waals surface area (Å²) < 4.78 is 32.9. The Morgan fingerprint density at radius 2 is 1.79 bits per heavy atom. The number of hydrogen-bond acceptors (Lipinski definition) is 6. The molecular weight excluding hydrogens is 318 g/mol. The summed E-state index contributed by atoms with van der Waals surface area (Å²) in [6, 6.07) is 0. The fourth-order valence-electron chi connectivity index (χ4n) is 2.73. The van der Waals surface area contributed by atoms with Gasteiger partial charge >= 0.3 is 0 Å². The molecule has 0 bridgehead atoms. The largest absolute Gasteiger partial charge is 0.469 e. The third-order valence-corrected chi connectivity index (χ3v) is 3.78. The molecule has 7 heteroatoms. The molecule has 0 amide bonds. The van der Waals surface area contributed by atoms with E-state index in [1.807, 2.05) is 27.7 Å². The third kappa shape index (κ3) is 2.42. The number of nitrogens with zero attached hydrogens (tertiary/aromatic N) is 1. The fourth-order valence-corrected chi connectivity index (χ4v) is 3.01. The minimum atomic E-state index is -0.644. The molecule has 0 saturated carbocycles. The van der Waals surface area contributed by atoms with E-state index in [1.165, 1.54) is 0 Å². The van der Waals surface area contributed by atoms with Crippen molar-refractivity contribution in [2.75, 3.05) is 6.61 Å². The van der Waals surface area contributed by atoms with E-state index in [1.54, 1.807) is 0 Å². The van der Waals surface area contributed by atoms with Gasteiger partial charge in [-0.15, -0.1) is 0 Å². The molecule has 4 atom stereocenters. The van der Waals surface area contributed by atoms with Crippen molar-refractivity contribution in [2.45, 2.75) is 63.7 Å². The number of ether oxygens (including phenoxy) is 5. The molecule has 0 aromatic carbocycles. The smallest absolute Gasteiger partial charge is 0.228 e. The van der Waals surface area contributed by atoms with Gasteiger partial charge in [-0.05, 0) is 27.7 Å². The van der Waals surface area contributed by atoms with Crippen molar-refractivity contribution in [1.29, 1.82) is 0 Å². The highest BCUT2D eigenvalue weighted by atomic mass is 79.9. The Hall–Kier alpha value is -0.210. The standard InChI is InChI=1S/C12H18BrNO5/c1-11(2)15-5-6(17-11)7-8-9(10(14-13)16-7)19-12(3,4)18-8/h6-9H,5H2,1-4H3/b14-10-/t6-,7-,8+,9+/m1/s1. The molecular formula is C12H18BrNO5. The van der Waals surface area contributed by atoms with Gasteiger partial charge in [-0.3, -0.25) is 0 Å². The average molecular weight is 336 g/mol. The fraction of sp³-hybridized carbons (Fsp3) is 0.917. The molecule has 0 aromatic heterocycles. The molecule has 3 rings (SSSR count). The average Bonchev–Trinajstić information content (AvgIpc) is 2.89. The van der Waals surface area contributed by atoms with Crippen molar-refractivity contribution in [3.8, 4) is 0 Å². The van der Waals surface area contributed by atoms with Crippen LogP contribution in [-0.4, -0.2) is 48.5 Å². The summed E-state index contributed by atoms with van der Waals surface area (Å²) in [7, 11) is 0. The Bertz CT molecular complexity index is 411. The molecule has 0 N–H and O–H groups in total. The lowest BCUT2D eigenvalue weighted by Gasteiger charge is -2.25. The molecule has 0 spiro atoms. The van der Waals surface area contributed by atoms with Gasteiger partial charge in [0.25, 0.3) is 0 Å². The summed E-state index contributed by atoms with van der Waals surface area (Å²) in [5.41, 5.74) is 0. The molecule has 0 aromatic rings. The first-order chi connectivity index (χ1) is 8.81. The van der Waals surface area contributed by atoms with Crippen LogP contribution in [0.3, 0.4) is 0 Å². The summed E-state index contributed by atoms with van der Waals surface area (Å²) in [6.45, 7) is 8.00. The topological polar surface area (TPSA) is 58.5 Å². The van der Waals surface area contributed by atoms with E-state index >= 15 is 0 Å². The number of rotatable bonds is 1. The second-order valence-electron chi connectivity index (χ2n) is 5.89. The summed E-state index contributed by atoms with van der Waals surface area (Å²) in [4.78, 5) is 0. The Kier molecular flexibility index (Phi) is 3.18. The van der Waals surface area contributed by atoms with E-state index in [4.69, 9.17) is 23.7 Å². The van der Waals surface area contributed by atoms with Crippen LogP contribution in [-0.2, 0) is 23.7 Å². The first-order valence-corrected chi connectivity index (χ1v) is 7.05. The van der Waals surface area contributed by atoms with E-state index in [-0.39, 0.29) is 24.4 Å². The van der Waals surface area contributed by atoms with Gasteiger partial charge in [0.1, 0.15) is 12.2 Å². The van der Waals surface area contributed by atoms with E-state index in [0.29, 0.717) is 12.5 Å². The Morgan fingerprint density at radius 1 is 1.05 bits per heavy atom. The highest BCUT2D eigenvalue weighted by molar-refractivity contribution is 9.08. The van der Waals surface area contributed by atoms with Crippen LogP contribution >= 0.6 is 16.1 Å². The van der Waals surface area contributed by atoms with Gasteiger partial charge in [0.15, 0.2) is 23.8 Å². The van der Waals surface area contributed by atoms with Crippen molar-refractivity contribution in [2.24, 2.45) is 4.02 Å². The van der Waals surface area contributed by atoms with Crippen LogP contribution in [0.2, 0.25) is 0 Å². The Balaban J connectivity index is 1.80. The first-order valence-electron chi connectivity index (χ1n) is 6.34. The quantitative estimate of drug-likeness (QED) is 0.730. The van der Waals surface area contributed by atoms with Gasteiger partial charge < -0.3 is 23.7 Å². The summed E-state index contributed by atoms with van der Waals surface area (Å²) >= 11 is 3.06. The molecule has 3 fully saturated rings. The molecule has 3 heterocycles. The maximum atomic E-state index is 5.91. The zero-order valence-corrected chi connectivity index (χ0v) is 13.0. The number of halogens is 1. The van der Waals surface area contributed by atoms with Gasteiger partial charge in [0, 0.05) is 0 Å². The minimum absolute atomic E-state index is 0.188. The molecule has 0 aliphatic carbocycles. The molecule has 108 valence electrons. The molecule has 0 radical (unpaired) electrons. The van der Waals surface area contributed by atoms with Crippen LogP contribution in [0.15, 0.2) is 4.02 Å². The first kappa shape index (κ1) is 13.8. The van der Waals surface area contributed by atoms with Crippen molar-refractivity contribution in [3.05, 3.63) is 0 Å². The zero-order chi connectivity index (χ0) is 13.8. The van der Waals surface area contributed by atoms with Crippen LogP contribution in [0.5, 0.6) is 0 Å². The Labute approximate surface area is 120 Å². The van der Waals surface area contributed by atoms with Gasteiger partial charge in [-0.25, -0.2) is 0 Å². The highest BCUT2D eigenvalue weighted by Crippen LogP contribution is 2.40. The van der Waals surface area contributed by atoms with Crippen LogP contribution in [0.25, 0.3) is 0 Å². The second kappa shape index (κ2) is 4.39. The highest BCUT2D eigenvalue weighted by Gasteiger charge is 2.58. The molecule has 3 aliphatic heterocycles. The predicted molar refractivity (Wildman–Crippen MR) is 70.0 cm³/mol. The van der Waals surface area contributed by atoms with E-state index in [9.17, 15) is 0 Å². The lowest BCUT2D eigenvalue weighted by molar-refractivity contribution is -0.179. The zero-order valence-electron chi connectivity index (χ0n) is 11.4. The molecule has 0 unspecified atom stereocenters. The second-order valence-corrected chi connectivity index (χ2v) is 6.25. The third-order valence-electron chi connectivity index (χ3n) is 3.43. The van der Waals surface area contributed by atoms with Crippen molar-refractivity contribution >= 4 is 22.0 Å². The van der Waals surface area contributed by atoms with E-state index in [0.717, 1.165) is 0 Å². The number of fused-ring (bicyclic) bond motifs is 1. The summed E-state index contributed by atoms with van der Waals surface area (Å²) in [6.07, 6.45) is -0.989. The maximum absolute atomic E-state index is 5.91. The molecule has 3 aliphatic rings. The molecule has 19 heavy (non-hydrogen) atoms. The van der Waals surface area contributed by atoms with Crippen LogP contribution in [0.1, 0.15) is 27.7 Å². The Morgan fingerprint density at radius 3 is 2.37 bits per heavy atom. The summed E-state index contributed by atoms with van der Waals surface area (Å²) in [5, 5.41) is 0. The van der Waals surface area contributed by atoms with Gasteiger partial charge in [0.05, 0.1) is 22.8 Å². The van der Waals surface area contributed by atoms with E-state index in [2.05, 4.69) is 20.2 Å². The van der Waals surface area contributed by atoms with Gasteiger partial charge in [-0.1, -0.05) is 0 Å². The minimum Gasteiger partial charge on any atom is -0.469 e. The van der Waals surface area contributed by atoms with Crippen molar-refractivity contribution in [3.63, 3.8) is 0 Å². The van der Waals surface area contributed by atoms with Crippen molar-refractivity contribution < 1.29 is 23.7 Å². The van der Waals surface area contributed by atoms with Crippen molar-refractivity contribution in [1.82, 2.24) is 0 Å². The monoisotopic (exact) mass is 335 g/mol. The lowest BCUT2D eigenvalue weighted by Crippen LogP contribution is -2.40. The van der Waals surface area contributed by atoms with E-state index < -0.39 is 11.6 Å². The van der Waals surface area contributed by atoms with Gasteiger partial charge in [-0.2, -0.15) is 4.02 Å². The molecule has 3 saturated heterocycles. The SMILES string of the molecule is CC1(C)O[C@H]2[C@@H]([C@H]3COC(C)(C)O3)O/C(=N\Br)[C@H]2O1. The predicted octanol–water partition coefficient (Wildman–Crippen LogP) is 1.77. The summed E-state index contributed by atoms with van der Waals surface area (Å²) in [5.74, 6) is -0.740.